The Kier molecular flexibility index (Phi) is 6.07. The van der Waals surface area contributed by atoms with Crippen LogP contribution in [0.4, 0.5) is 13.2 Å². The zero-order valence-electron chi connectivity index (χ0n) is 7.82. The fourth-order valence-corrected chi connectivity index (χ4v) is 1.03. The highest BCUT2D eigenvalue weighted by Crippen LogP contribution is 2.12. The van der Waals surface area contributed by atoms with Crippen LogP contribution < -0.4 is 11.1 Å². The molecule has 0 aromatic rings. The van der Waals surface area contributed by atoms with E-state index >= 15 is 0 Å². The smallest absolute Gasteiger partial charge is 0.328 e. The lowest BCUT2D eigenvalue weighted by molar-refractivity contribution is -0.124. The molecule has 0 saturated carbocycles. The predicted octanol–water partition coefficient (Wildman–Crippen LogP) is 1.66. The Labute approximate surface area is 76.7 Å². The summed E-state index contributed by atoms with van der Waals surface area (Å²) in [6.45, 7) is 1.41. The largest absolute Gasteiger partial charge is 0.401 e. The Morgan fingerprint density at radius 2 is 1.92 bits per heavy atom. The van der Waals surface area contributed by atoms with E-state index in [4.69, 9.17) is 5.73 Å². The number of hydrogen-bond donors (Lipinski definition) is 2. The molecule has 0 amide bonds. The molecule has 1 unspecified atom stereocenters. The monoisotopic (exact) mass is 198 g/mol. The molecule has 0 rings (SSSR count). The first-order chi connectivity index (χ1) is 5.95. The molecule has 0 aromatic heterocycles. The van der Waals surface area contributed by atoms with Gasteiger partial charge >= 0.3 is 6.18 Å². The van der Waals surface area contributed by atoms with Gasteiger partial charge in [-0.3, -0.25) is 0 Å². The minimum absolute atomic E-state index is 0.0192. The first-order valence-corrected chi connectivity index (χ1v) is 4.48. The number of halogens is 3. The average molecular weight is 198 g/mol. The molecule has 0 spiro atoms. The van der Waals surface area contributed by atoms with E-state index in [1.54, 1.807) is 0 Å². The maximum atomic E-state index is 11.6. The molecule has 0 saturated heterocycles. The van der Waals surface area contributed by atoms with Crippen LogP contribution in [0.2, 0.25) is 0 Å². The first-order valence-electron chi connectivity index (χ1n) is 4.48. The molecule has 0 bridgehead atoms. The number of rotatable bonds is 6. The van der Waals surface area contributed by atoms with Crippen molar-refractivity contribution in [3.63, 3.8) is 0 Å². The second-order valence-corrected chi connectivity index (χ2v) is 3.13. The maximum absolute atomic E-state index is 11.6. The van der Waals surface area contributed by atoms with Crippen molar-refractivity contribution in [3.05, 3.63) is 0 Å². The van der Waals surface area contributed by atoms with Crippen molar-refractivity contribution >= 4 is 0 Å². The summed E-state index contributed by atoms with van der Waals surface area (Å²) in [5.74, 6) is 0. The molecule has 0 heterocycles. The Hall–Kier alpha value is -0.290. The second kappa shape index (κ2) is 6.21. The fraction of sp³-hybridized carbons (Fsp3) is 1.00. The van der Waals surface area contributed by atoms with Gasteiger partial charge in [-0.25, -0.2) is 0 Å². The molecule has 1 atom stereocenters. The Bertz CT molecular complexity index is 125. The lowest BCUT2D eigenvalue weighted by Crippen LogP contribution is -2.32. The molecule has 80 valence electrons. The van der Waals surface area contributed by atoms with Crippen molar-refractivity contribution in [2.45, 2.75) is 38.4 Å². The number of hydrogen-bond acceptors (Lipinski definition) is 2. The Morgan fingerprint density at radius 3 is 2.38 bits per heavy atom. The molecular weight excluding hydrogens is 181 g/mol. The third kappa shape index (κ3) is 9.63. The van der Waals surface area contributed by atoms with Crippen molar-refractivity contribution in [3.8, 4) is 0 Å². The van der Waals surface area contributed by atoms with Crippen LogP contribution in [0.3, 0.4) is 0 Å². The van der Waals surface area contributed by atoms with Crippen LogP contribution in [0.5, 0.6) is 0 Å². The summed E-state index contributed by atoms with van der Waals surface area (Å²) < 4.78 is 34.9. The summed E-state index contributed by atoms with van der Waals surface area (Å²) in [7, 11) is 0. The van der Waals surface area contributed by atoms with Crippen molar-refractivity contribution in [1.82, 2.24) is 5.32 Å². The molecule has 5 heteroatoms. The molecule has 2 nitrogen and oxygen atoms in total. The summed E-state index contributed by atoms with van der Waals surface area (Å²) in [4.78, 5) is 0. The summed E-state index contributed by atoms with van der Waals surface area (Å²) in [6.07, 6.45) is -1.67. The lowest BCUT2D eigenvalue weighted by atomic mass is 10.1. The summed E-state index contributed by atoms with van der Waals surface area (Å²) in [5.41, 5.74) is 5.61. The molecule has 0 fully saturated rings. The van der Waals surface area contributed by atoms with Crippen LogP contribution in [0, 0.1) is 0 Å². The SMILES string of the molecule is CCCC(N)CCNCC(F)(F)F. The van der Waals surface area contributed by atoms with Gasteiger partial charge in [0.15, 0.2) is 0 Å². The van der Waals surface area contributed by atoms with Crippen LogP contribution in [0.1, 0.15) is 26.2 Å². The van der Waals surface area contributed by atoms with Gasteiger partial charge in [0.05, 0.1) is 6.54 Å². The minimum Gasteiger partial charge on any atom is -0.328 e. The van der Waals surface area contributed by atoms with Crippen LogP contribution in [-0.2, 0) is 0 Å². The lowest BCUT2D eigenvalue weighted by Gasteiger charge is -2.11. The normalized spacial score (nSPS) is 14.5. The quantitative estimate of drug-likeness (QED) is 0.637. The summed E-state index contributed by atoms with van der Waals surface area (Å²) in [6, 6.07) is 0.0192. The maximum Gasteiger partial charge on any atom is 0.401 e. The third-order valence-electron chi connectivity index (χ3n) is 1.68. The zero-order chi connectivity index (χ0) is 10.3. The Morgan fingerprint density at radius 1 is 1.31 bits per heavy atom. The Balaban J connectivity index is 3.25. The van der Waals surface area contributed by atoms with Gasteiger partial charge in [0, 0.05) is 6.04 Å². The van der Waals surface area contributed by atoms with Gasteiger partial charge < -0.3 is 11.1 Å². The van der Waals surface area contributed by atoms with Crippen molar-refractivity contribution < 1.29 is 13.2 Å². The van der Waals surface area contributed by atoms with E-state index in [9.17, 15) is 13.2 Å². The highest BCUT2D eigenvalue weighted by atomic mass is 19.4. The van der Waals surface area contributed by atoms with Gasteiger partial charge in [0.1, 0.15) is 0 Å². The zero-order valence-corrected chi connectivity index (χ0v) is 7.82. The first kappa shape index (κ1) is 12.7. The standard InChI is InChI=1S/C8H17F3N2/c1-2-3-7(12)4-5-13-6-8(9,10)11/h7,13H,2-6,12H2,1H3. The van der Waals surface area contributed by atoms with E-state index in [0.29, 0.717) is 13.0 Å². The number of nitrogens with two attached hydrogens (primary N) is 1. The van der Waals surface area contributed by atoms with Crippen LogP contribution in [0.25, 0.3) is 0 Å². The highest BCUT2D eigenvalue weighted by molar-refractivity contribution is 4.63. The number of nitrogens with one attached hydrogen (secondary N) is 1. The molecule has 13 heavy (non-hydrogen) atoms. The fourth-order valence-electron chi connectivity index (χ4n) is 1.03. The second-order valence-electron chi connectivity index (χ2n) is 3.13. The molecule has 0 aliphatic heterocycles. The van der Waals surface area contributed by atoms with Gasteiger partial charge in [-0.05, 0) is 19.4 Å². The van der Waals surface area contributed by atoms with E-state index in [-0.39, 0.29) is 6.04 Å². The third-order valence-corrected chi connectivity index (χ3v) is 1.68. The summed E-state index contributed by atoms with van der Waals surface area (Å²) in [5, 5.41) is 2.31. The van der Waals surface area contributed by atoms with Gasteiger partial charge in [-0.1, -0.05) is 13.3 Å². The van der Waals surface area contributed by atoms with Gasteiger partial charge in [0.2, 0.25) is 0 Å². The predicted molar refractivity (Wildman–Crippen MR) is 46.4 cm³/mol. The van der Waals surface area contributed by atoms with Gasteiger partial charge in [-0.15, -0.1) is 0 Å². The molecule has 0 radical (unpaired) electrons. The summed E-state index contributed by atoms with van der Waals surface area (Å²) >= 11 is 0. The topological polar surface area (TPSA) is 38.0 Å². The van der Waals surface area contributed by atoms with E-state index in [1.807, 2.05) is 6.92 Å². The van der Waals surface area contributed by atoms with Gasteiger partial charge in [0.25, 0.3) is 0 Å². The average Bonchev–Trinajstić information content (AvgIpc) is 1.97. The van der Waals surface area contributed by atoms with Crippen LogP contribution in [-0.4, -0.2) is 25.3 Å². The van der Waals surface area contributed by atoms with Gasteiger partial charge in [-0.2, -0.15) is 13.2 Å². The van der Waals surface area contributed by atoms with E-state index in [1.165, 1.54) is 0 Å². The van der Waals surface area contributed by atoms with E-state index in [2.05, 4.69) is 5.32 Å². The van der Waals surface area contributed by atoms with E-state index in [0.717, 1.165) is 12.8 Å². The van der Waals surface area contributed by atoms with Crippen molar-refractivity contribution in [2.24, 2.45) is 5.73 Å². The molecule has 0 aromatic carbocycles. The molecular formula is C8H17F3N2. The molecule has 0 aliphatic rings. The minimum atomic E-state index is -4.12. The van der Waals surface area contributed by atoms with Crippen molar-refractivity contribution in [1.29, 1.82) is 0 Å². The highest BCUT2D eigenvalue weighted by Gasteiger charge is 2.25. The number of alkyl halides is 3. The van der Waals surface area contributed by atoms with Crippen molar-refractivity contribution in [2.75, 3.05) is 13.1 Å². The van der Waals surface area contributed by atoms with Crippen LogP contribution >= 0.6 is 0 Å². The molecule has 3 N–H and O–H groups in total. The van der Waals surface area contributed by atoms with Crippen LogP contribution in [0.15, 0.2) is 0 Å². The van der Waals surface area contributed by atoms with E-state index < -0.39 is 12.7 Å². The molecule has 0 aliphatic carbocycles.